The van der Waals surface area contributed by atoms with Crippen LogP contribution in [0.1, 0.15) is 40.7 Å². The molecule has 1 saturated carbocycles. The van der Waals surface area contributed by atoms with Gasteiger partial charge < -0.3 is 4.74 Å². The van der Waals surface area contributed by atoms with Crippen LogP contribution >= 0.6 is 0 Å². The molecule has 0 aliphatic heterocycles. The molecule has 0 saturated heterocycles. The highest BCUT2D eigenvalue weighted by Crippen LogP contribution is 2.29. The lowest BCUT2D eigenvalue weighted by molar-refractivity contribution is 0.103. The van der Waals surface area contributed by atoms with E-state index >= 15 is 0 Å². The van der Waals surface area contributed by atoms with Gasteiger partial charge in [0.2, 0.25) is 0 Å². The minimum Gasteiger partial charge on any atom is -0.490 e. The van der Waals surface area contributed by atoms with Crippen molar-refractivity contribution < 1.29 is 13.9 Å². The van der Waals surface area contributed by atoms with Gasteiger partial charge in [0.25, 0.3) is 0 Å². The van der Waals surface area contributed by atoms with Crippen LogP contribution in [0, 0.1) is 12.7 Å². The van der Waals surface area contributed by atoms with Gasteiger partial charge in [0, 0.05) is 5.56 Å². The zero-order valence-corrected chi connectivity index (χ0v) is 11.9. The Kier molecular flexibility index (Phi) is 3.74. The van der Waals surface area contributed by atoms with Gasteiger partial charge in [0.05, 0.1) is 11.7 Å². The molecule has 3 heteroatoms. The van der Waals surface area contributed by atoms with E-state index in [0.717, 1.165) is 24.2 Å². The van der Waals surface area contributed by atoms with Crippen LogP contribution in [0.25, 0.3) is 0 Å². The van der Waals surface area contributed by atoms with Gasteiger partial charge in [-0.1, -0.05) is 24.3 Å². The van der Waals surface area contributed by atoms with E-state index < -0.39 is 5.82 Å². The summed E-state index contributed by atoms with van der Waals surface area (Å²) in [7, 11) is 0. The zero-order chi connectivity index (χ0) is 14.8. The number of ether oxygens (including phenoxy) is 1. The maximum Gasteiger partial charge on any atom is 0.196 e. The second-order valence-corrected chi connectivity index (χ2v) is 5.46. The third kappa shape index (κ3) is 2.82. The van der Waals surface area contributed by atoms with Crippen molar-refractivity contribution >= 4 is 5.78 Å². The molecule has 0 radical (unpaired) electrons. The molecule has 0 bridgehead atoms. The molecule has 0 spiro atoms. The molecule has 1 fully saturated rings. The molecule has 0 aromatic heterocycles. The molecule has 21 heavy (non-hydrogen) atoms. The molecule has 0 heterocycles. The van der Waals surface area contributed by atoms with Gasteiger partial charge in [-0.15, -0.1) is 0 Å². The van der Waals surface area contributed by atoms with Crippen molar-refractivity contribution in [1.82, 2.24) is 0 Å². The molecule has 2 nitrogen and oxygen atoms in total. The number of rotatable bonds is 4. The predicted molar refractivity (Wildman–Crippen MR) is 79.3 cm³/mol. The van der Waals surface area contributed by atoms with Gasteiger partial charge in [-0.3, -0.25) is 4.79 Å². The Hall–Kier alpha value is -2.16. The highest BCUT2D eigenvalue weighted by Gasteiger charge is 2.21. The van der Waals surface area contributed by atoms with Gasteiger partial charge in [-0.25, -0.2) is 4.39 Å². The fourth-order valence-electron chi connectivity index (χ4n) is 2.34. The van der Waals surface area contributed by atoms with E-state index in [1.165, 1.54) is 18.6 Å². The first-order chi connectivity index (χ1) is 10.1. The first kappa shape index (κ1) is 13.8. The Morgan fingerprint density at radius 3 is 2.62 bits per heavy atom. The second-order valence-electron chi connectivity index (χ2n) is 5.46. The maximum atomic E-state index is 13.7. The van der Waals surface area contributed by atoms with Crippen LogP contribution in [-0.4, -0.2) is 11.9 Å². The second kappa shape index (κ2) is 5.68. The lowest BCUT2D eigenvalue weighted by Crippen LogP contribution is -2.25. The molecule has 1 aliphatic carbocycles. The van der Waals surface area contributed by atoms with Gasteiger partial charge in [0.15, 0.2) is 5.78 Å². The summed E-state index contributed by atoms with van der Waals surface area (Å²) in [6.45, 7) is 1.95. The summed E-state index contributed by atoms with van der Waals surface area (Å²) in [6, 6.07) is 11.3. The molecular weight excluding hydrogens is 267 g/mol. The Balaban J connectivity index is 1.89. The van der Waals surface area contributed by atoms with Gasteiger partial charge >= 0.3 is 0 Å². The molecule has 0 amide bonds. The molecule has 3 rings (SSSR count). The minimum absolute atomic E-state index is 0.0935. The van der Waals surface area contributed by atoms with Gasteiger partial charge in [-0.05, 0) is 49.9 Å². The summed E-state index contributed by atoms with van der Waals surface area (Å²) in [5.41, 5.74) is 1.54. The van der Waals surface area contributed by atoms with E-state index in [1.54, 1.807) is 24.3 Å². The maximum absolute atomic E-state index is 13.7. The quantitative estimate of drug-likeness (QED) is 0.783. The normalized spacial score (nSPS) is 14.6. The molecule has 0 N–H and O–H groups in total. The Labute approximate surface area is 123 Å². The Morgan fingerprint density at radius 2 is 1.95 bits per heavy atom. The van der Waals surface area contributed by atoms with Gasteiger partial charge in [0.1, 0.15) is 11.6 Å². The summed E-state index contributed by atoms with van der Waals surface area (Å²) < 4.78 is 19.6. The van der Waals surface area contributed by atoms with Crippen molar-refractivity contribution in [3.63, 3.8) is 0 Å². The third-order valence-corrected chi connectivity index (χ3v) is 3.91. The van der Waals surface area contributed by atoms with E-state index in [1.807, 2.05) is 13.0 Å². The average molecular weight is 284 g/mol. The topological polar surface area (TPSA) is 26.3 Å². The Bertz CT molecular complexity index is 675. The first-order valence-electron chi connectivity index (χ1n) is 7.21. The Morgan fingerprint density at radius 1 is 1.19 bits per heavy atom. The fraction of sp³-hybridized carbons (Fsp3) is 0.278. The first-order valence-corrected chi connectivity index (χ1v) is 7.21. The van der Waals surface area contributed by atoms with Crippen molar-refractivity contribution in [2.75, 3.05) is 0 Å². The molecule has 108 valence electrons. The molecule has 1 aliphatic rings. The molecule has 2 aromatic carbocycles. The molecule has 0 atom stereocenters. The number of carbonyl (C=O) groups excluding carboxylic acids is 1. The summed E-state index contributed by atoms with van der Waals surface area (Å²) in [5.74, 6) is -0.0852. The number of benzene rings is 2. The highest BCUT2D eigenvalue weighted by atomic mass is 19.1. The van der Waals surface area contributed by atoms with E-state index in [4.69, 9.17) is 4.74 Å². The number of ketones is 1. The number of carbonyl (C=O) groups is 1. The van der Waals surface area contributed by atoms with Crippen molar-refractivity contribution in [3.8, 4) is 5.75 Å². The van der Waals surface area contributed by atoms with E-state index in [9.17, 15) is 9.18 Å². The van der Waals surface area contributed by atoms with Gasteiger partial charge in [-0.2, -0.15) is 0 Å². The smallest absolute Gasteiger partial charge is 0.196 e. The van der Waals surface area contributed by atoms with Crippen LogP contribution in [0.15, 0.2) is 42.5 Å². The predicted octanol–water partition coefficient (Wildman–Crippen LogP) is 4.30. The summed E-state index contributed by atoms with van der Waals surface area (Å²) in [5, 5.41) is 0. The standard InChI is InChI=1S/C18H17FO2/c1-12-9-10-13(11-17(12)21-14-5-4-6-14)18(20)15-7-2-3-8-16(15)19/h2-3,7-11,14H,4-6H2,1H3. The van der Waals surface area contributed by atoms with Crippen LogP contribution in [0.2, 0.25) is 0 Å². The van der Waals surface area contributed by atoms with Crippen molar-refractivity contribution in [2.24, 2.45) is 0 Å². The number of aryl methyl sites for hydroxylation is 1. The average Bonchev–Trinajstić information content (AvgIpc) is 2.44. The van der Waals surface area contributed by atoms with Crippen LogP contribution in [0.3, 0.4) is 0 Å². The minimum atomic E-state index is -0.496. The van der Waals surface area contributed by atoms with Crippen LogP contribution in [-0.2, 0) is 0 Å². The summed E-state index contributed by atoms with van der Waals surface area (Å²) in [6.07, 6.45) is 3.57. The highest BCUT2D eigenvalue weighted by molar-refractivity contribution is 6.09. The van der Waals surface area contributed by atoms with E-state index in [-0.39, 0.29) is 17.5 Å². The number of halogens is 1. The summed E-state index contributed by atoms with van der Waals surface area (Å²) in [4.78, 5) is 12.4. The van der Waals surface area contributed by atoms with Crippen molar-refractivity contribution in [3.05, 3.63) is 65.0 Å². The zero-order valence-electron chi connectivity index (χ0n) is 11.9. The third-order valence-electron chi connectivity index (χ3n) is 3.91. The molecular formula is C18H17FO2. The fourth-order valence-corrected chi connectivity index (χ4v) is 2.34. The monoisotopic (exact) mass is 284 g/mol. The summed E-state index contributed by atoms with van der Waals surface area (Å²) >= 11 is 0. The van der Waals surface area contributed by atoms with Crippen LogP contribution in [0.4, 0.5) is 4.39 Å². The van der Waals surface area contributed by atoms with E-state index in [2.05, 4.69) is 0 Å². The van der Waals surface area contributed by atoms with E-state index in [0.29, 0.717) is 5.56 Å². The van der Waals surface area contributed by atoms with Crippen LogP contribution < -0.4 is 4.74 Å². The largest absolute Gasteiger partial charge is 0.490 e. The SMILES string of the molecule is Cc1ccc(C(=O)c2ccccc2F)cc1OC1CCC1. The number of hydrogen-bond donors (Lipinski definition) is 0. The lowest BCUT2D eigenvalue weighted by Gasteiger charge is -2.27. The molecule has 2 aromatic rings. The van der Waals surface area contributed by atoms with Crippen molar-refractivity contribution in [2.45, 2.75) is 32.3 Å². The number of hydrogen-bond acceptors (Lipinski definition) is 2. The lowest BCUT2D eigenvalue weighted by atomic mass is 9.96. The molecule has 0 unspecified atom stereocenters. The van der Waals surface area contributed by atoms with Crippen molar-refractivity contribution in [1.29, 1.82) is 0 Å². The van der Waals surface area contributed by atoms with Crippen LogP contribution in [0.5, 0.6) is 5.75 Å².